The van der Waals surface area contributed by atoms with E-state index in [2.05, 4.69) is 44.8 Å². The maximum atomic E-state index is 11.0. The van der Waals surface area contributed by atoms with Crippen LogP contribution in [0.5, 0.6) is 0 Å². The predicted octanol–water partition coefficient (Wildman–Crippen LogP) is 6.17. The van der Waals surface area contributed by atoms with E-state index in [0.717, 1.165) is 50.4 Å². The van der Waals surface area contributed by atoms with Crippen molar-refractivity contribution < 1.29 is 9.53 Å². The summed E-state index contributed by atoms with van der Waals surface area (Å²) in [5.41, 5.74) is 3.39. The van der Waals surface area contributed by atoms with Gasteiger partial charge in [0, 0.05) is 37.9 Å². The van der Waals surface area contributed by atoms with Gasteiger partial charge in [-0.1, -0.05) is 32.3 Å². The normalized spacial score (nSPS) is 14.1. The van der Waals surface area contributed by atoms with Crippen molar-refractivity contribution in [1.82, 2.24) is 4.90 Å². The van der Waals surface area contributed by atoms with E-state index in [1.807, 2.05) is 12.1 Å². The Labute approximate surface area is 208 Å². The molecular formula is C28H35N5O2. The predicted molar refractivity (Wildman–Crippen MR) is 139 cm³/mol. The third-order valence-electron chi connectivity index (χ3n) is 6.14. The van der Waals surface area contributed by atoms with Gasteiger partial charge < -0.3 is 9.64 Å². The lowest BCUT2D eigenvalue weighted by Crippen LogP contribution is -2.46. The minimum absolute atomic E-state index is 0.329. The van der Waals surface area contributed by atoms with Crippen molar-refractivity contribution in [1.29, 1.82) is 5.26 Å². The minimum atomic E-state index is -0.329. The third kappa shape index (κ3) is 9.34. The molecule has 35 heavy (non-hydrogen) atoms. The van der Waals surface area contributed by atoms with Crippen LogP contribution in [0.4, 0.5) is 17.1 Å². The number of ether oxygens (including phenoxy) is 1. The molecule has 1 heterocycles. The molecule has 0 amide bonds. The van der Waals surface area contributed by atoms with Gasteiger partial charge in [-0.05, 0) is 67.9 Å². The van der Waals surface area contributed by atoms with Crippen molar-refractivity contribution in [3.05, 3.63) is 66.7 Å². The topological polar surface area (TPSA) is 81.3 Å². The highest BCUT2D eigenvalue weighted by atomic mass is 16.5. The number of rotatable bonds is 13. The Morgan fingerprint density at radius 3 is 2.06 bits per heavy atom. The fraction of sp³-hybridized carbons (Fsp3) is 0.429. The van der Waals surface area contributed by atoms with Gasteiger partial charge in [-0.2, -0.15) is 15.5 Å². The largest absolute Gasteiger partial charge is 0.463 e. The second-order valence-electron chi connectivity index (χ2n) is 8.70. The zero-order valence-electron chi connectivity index (χ0n) is 20.4. The van der Waals surface area contributed by atoms with Gasteiger partial charge in [-0.15, -0.1) is 0 Å². The Kier molecular flexibility index (Phi) is 11.0. The molecule has 0 radical (unpaired) electrons. The molecule has 0 bridgehead atoms. The number of esters is 1. The van der Waals surface area contributed by atoms with E-state index in [9.17, 15) is 4.79 Å². The van der Waals surface area contributed by atoms with Crippen LogP contribution in [0.15, 0.2) is 71.4 Å². The number of carbonyl (C=O) groups is 1. The SMILES string of the molecule is C=CC(=O)OCCCCCCCCN1CCN(c2ccc(N=Nc3ccc(C#N)cc3)cc2)CC1. The molecular weight excluding hydrogens is 438 g/mol. The molecule has 1 saturated heterocycles. The summed E-state index contributed by atoms with van der Waals surface area (Å²) in [6, 6.07) is 17.4. The zero-order valence-corrected chi connectivity index (χ0v) is 20.4. The monoisotopic (exact) mass is 473 g/mol. The number of benzene rings is 2. The molecule has 0 unspecified atom stereocenters. The van der Waals surface area contributed by atoms with E-state index < -0.39 is 0 Å². The van der Waals surface area contributed by atoms with Crippen LogP contribution in [0, 0.1) is 11.3 Å². The first-order chi connectivity index (χ1) is 17.2. The molecule has 1 aliphatic heterocycles. The summed E-state index contributed by atoms with van der Waals surface area (Å²) in [7, 11) is 0. The lowest BCUT2D eigenvalue weighted by molar-refractivity contribution is -0.137. The van der Waals surface area contributed by atoms with Gasteiger partial charge in [-0.25, -0.2) is 4.79 Å². The molecule has 3 rings (SSSR count). The third-order valence-corrected chi connectivity index (χ3v) is 6.14. The van der Waals surface area contributed by atoms with Crippen LogP contribution < -0.4 is 4.90 Å². The van der Waals surface area contributed by atoms with Gasteiger partial charge >= 0.3 is 5.97 Å². The number of unbranched alkanes of at least 4 members (excludes halogenated alkanes) is 5. The van der Waals surface area contributed by atoms with E-state index in [1.165, 1.54) is 44.0 Å². The van der Waals surface area contributed by atoms with E-state index in [4.69, 9.17) is 10.00 Å². The highest BCUT2D eigenvalue weighted by molar-refractivity contribution is 5.81. The molecule has 1 aliphatic rings. The van der Waals surface area contributed by atoms with Crippen LogP contribution >= 0.6 is 0 Å². The van der Waals surface area contributed by atoms with Crippen LogP contribution in [0.1, 0.15) is 44.1 Å². The maximum absolute atomic E-state index is 11.0. The van der Waals surface area contributed by atoms with E-state index in [1.54, 1.807) is 24.3 Å². The Balaban J connectivity index is 1.28. The average Bonchev–Trinajstić information content (AvgIpc) is 2.91. The smallest absolute Gasteiger partial charge is 0.330 e. The maximum Gasteiger partial charge on any atom is 0.330 e. The fourth-order valence-corrected chi connectivity index (χ4v) is 4.05. The highest BCUT2D eigenvalue weighted by Crippen LogP contribution is 2.23. The number of nitrogens with zero attached hydrogens (tertiary/aromatic N) is 5. The highest BCUT2D eigenvalue weighted by Gasteiger charge is 2.16. The van der Waals surface area contributed by atoms with Gasteiger partial charge in [0.2, 0.25) is 0 Å². The number of carbonyl (C=O) groups excluding carboxylic acids is 1. The molecule has 0 spiro atoms. The molecule has 2 aromatic rings. The van der Waals surface area contributed by atoms with Crippen molar-refractivity contribution in [2.24, 2.45) is 10.2 Å². The first-order valence-corrected chi connectivity index (χ1v) is 12.5. The van der Waals surface area contributed by atoms with Gasteiger partial charge in [0.05, 0.1) is 29.6 Å². The molecule has 0 aliphatic carbocycles. The Bertz CT molecular complexity index is 988. The van der Waals surface area contributed by atoms with Gasteiger partial charge in [0.1, 0.15) is 0 Å². The van der Waals surface area contributed by atoms with Crippen LogP contribution in [-0.4, -0.2) is 50.2 Å². The summed E-state index contributed by atoms with van der Waals surface area (Å²) in [5, 5.41) is 17.4. The van der Waals surface area contributed by atoms with Crippen molar-refractivity contribution in [2.75, 3.05) is 44.2 Å². The fourth-order valence-electron chi connectivity index (χ4n) is 4.05. The number of hydrogen-bond acceptors (Lipinski definition) is 7. The van der Waals surface area contributed by atoms with Gasteiger partial charge in [0.15, 0.2) is 0 Å². The number of hydrogen-bond donors (Lipinski definition) is 0. The molecule has 7 heteroatoms. The Morgan fingerprint density at radius 2 is 1.46 bits per heavy atom. The van der Waals surface area contributed by atoms with E-state index in [-0.39, 0.29) is 5.97 Å². The number of azo groups is 1. The summed E-state index contributed by atoms with van der Waals surface area (Å²) in [5.74, 6) is -0.329. The standard InChI is InChI=1S/C28H35N5O2/c1-2-28(34)35-22-8-6-4-3-5-7-17-32-18-20-33(21-19-32)27-15-13-26(14-16-27)31-30-25-11-9-24(23-29)10-12-25/h2,9-16H,1,3-8,17-22H2. The summed E-state index contributed by atoms with van der Waals surface area (Å²) in [6.45, 7) is 9.32. The summed E-state index contributed by atoms with van der Waals surface area (Å²) in [6.07, 6.45) is 8.19. The Morgan fingerprint density at radius 1 is 0.886 bits per heavy atom. The number of nitriles is 1. The molecule has 184 valence electrons. The van der Waals surface area contributed by atoms with Crippen LogP contribution in [0.2, 0.25) is 0 Å². The molecule has 0 atom stereocenters. The van der Waals surface area contributed by atoms with Crippen molar-refractivity contribution in [3.8, 4) is 6.07 Å². The quantitative estimate of drug-likeness (QED) is 0.150. The van der Waals surface area contributed by atoms with Crippen molar-refractivity contribution in [2.45, 2.75) is 38.5 Å². The molecule has 7 nitrogen and oxygen atoms in total. The van der Waals surface area contributed by atoms with Crippen LogP contribution in [-0.2, 0) is 9.53 Å². The van der Waals surface area contributed by atoms with E-state index >= 15 is 0 Å². The second kappa shape index (κ2) is 14.7. The van der Waals surface area contributed by atoms with Crippen molar-refractivity contribution >= 4 is 23.0 Å². The van der Waals surface area contributed by atoms with Gasteiger partial charge in [0.25, 0.3) is 0 Å². The molecule has 0 N–H and O–H groups in total. The average molecular weight is 474 g/mol. The lowest BCUT2D eigenvalue weighted by atomic mass is 10.1. The number of anilines is 1. The molecule has 2 aromatic carbocycles. The van der Waals surface area contributed by atoms with Gasteiger partial charge in [-0.3, -0.25) is 4.90 Å². The Hall–Kier alpha value is -3.50. The van der Waals surface area contributed by atoms with Crippen molar-refractivity contribution in [3.63, 3.8) is 0 Å². The minimum Gasteiger partial charge on any atom is -0.463 e. The summed E-state index contributed by atoms with van der Waals surface area (Å²) < 4.78 is 4.99. The molecule has 1 fully saturated rings. The summed E-state index contributed by atoms with van der Waals surface area (Å²) in [4.78, 5) is 16.0. The number of piperazine rings is 1. The molecule has 0 saturated carbocycles. The van der Waals surface area contributed by atoms with Crippen LogP contribution in [0.25, 0.3) is 0 Å². The first-order valence-electron chi connectivity index (χ1n) is 12.5. The molecule has 0 aromatic heterocycles. The summed E-state index contributed by atoms with van der Waals surface area (Å²) >= 11 is 0. The van der Waals surface area contributed by atoms with E-state index in [0.29, 0.717) is 12.2 Å². The van der Waals surface area contributed by atoms with Crippen LogP contribution in [0.3, 0.4) is 0 Å². The lowest BCUT2D eigenvalue weighted by Gasteiger charge is -2.36. The first kappa shape index (κ1) is 26.1. The second-order valence-corrected chi connectivity index (χ2v) is 8.70. The zero-order chi connectivity index (χ0) is 24.7.